The first-order chi connectivity index (χ1) is 11.1. The number of carbonyl (C=O) groups is 2. The van der Waals surface area contributed by atoms with E-state index in [1.807, 2.05) is 0 Å². The van der Waals surface area contributed by atoms with Crippen LogP contribution in [0, 0.1) is 0 Å². The first kappa shape index (κ1) is 15.2. The van der Waals surface area contributed by atoms with E-state index in [4.69, 9.17) is 16.3 Å². The third-order valence-electron chi connectivity index (χ3n) is 3.37. The van der Waals surface area contributed by atoms with E-state index in [9.17, 15) is 9.59 Å². The predicted molar refractivity (Wildman–Crippen MR) is 86.9 cm³/mol. The SMILES string of the molecule is CCC(=O)Oc1c(C(=O)c2cccnc2)[nH]c2cc(Cl)ccc12. The lowest BCUT2D eigenvalue weighted by molar-refractivity contribution is -0.133. The second-order valence-corrected chi connectivity index (χ2v) is 5.35. The molecule has 0 radical (unpaired) electrons. The van der Waals surface area contributed by atoms with Gasteiger partial charge in [-0.25, -0.2) is 0 Å². The number of carbonyl (C=O) groups excluding carboxylic acids is 2. The van der Waals surface area contributed by atoms with E-state index in [1.165, 1.54) is 6.20 Å². The standard InChI is InChI=1S/C17H13ClN2O3/c1-2-14(21)23-17-12-6-5-11(18)8-13(12)20-15(17)16(22)10-4-3-7-19-9-10/h3-9,20H,2H2,1H3. The average molecular weight is 329 g/mol. The predicted octanol–water partition coefficient (Wildman–Crippen LogP) is 3.76. The van der Waals surface area contributed by atoms with Gasteiger partial charge in [-0.1, -0.05) is 18.5 Å². The lowest BCUT2D eigenvalue weighted by Crippen LogP contribution is -2.10. The van der Waals surface area contributed by atoms with Crippen molar-refractivity contribution in [3.8, 4) is 5.75 Å². The number of fused-ring (bicyclic) bond motifs is 1. The fourth-order valence-corrected chi connectivity index (χ4v) is 2.41. The minimum absolute atomic E-state index is 0.206. The monoisotopic (exact) mass is 328 g/mol. The van der Waals surface area contributed by atoms with Gasteiger partial charge in [0.2, 0.25) is 5.78 Å². The summed E-state index contributed by atoms with van der Waals surface area (Å²) in [5, 5.41) is 1.15. The second-order valence-electron chi connectivity index (χ2n) is 4.92. The van der Waals surface area contributed by atoms with Crippen molar-refractivity contribution in [3.05, 3.63) is 59.0 Å². The van der Waals surface area contributed by atoms with Crippen molar-refractivity contribution < 1.29 is 14.3 Å². The molecule has 0 atom stereocenters. The summed E-state index contributed by atoms with van der Waals surface area (Å²) in [5.41, 5.74) is 1.24. The minimum atomic E-state index is -0.416. The number of nitrogens with one attached hydrogen (secondary N) is 1. The summed E-state index contributed by atoms with van der Waals surface area (Å²) in [7, 11) is 0. The molecule has 0 saturated carbocycles. The Morgan fingerprint density at radius 2 is 2.13 bits per heavy atom. The Morgan fingerprint density at radius 1 is 1.30 bits per heavy atom. The number of ketones is 1. The Kier molecular flexibility index (Phi) is 4.12. The van der Waals surface area contributed by atoms with E-state index in [-0.39, 0.29) is 23.6 Å². The van der Waals surface area contributed by atoms with Gasteiger partial charge in [-0.15, -0.1) is 0 Å². The van der Waals surface area contributed by atoms with Crippen molar-refractivity contribution in [2.45, 2.75) is 13.3 Å². The third-order valence-corrected chi connectivity index (χ3v) is 3.60. The van der Waals surface area contributed by atoms with Crippen molar-refractivity contribution in [3.63, 3.8) is 0 Å². The van der Waals surface area contributed by atoms with E-state index in [2.05, 4.69) is 9.97 Å². The fourth-order valence-electron chi connectivity index (χ4n) is 2.24. The molecule has 0 spiro atoms. The highest BCUT2D eigenvalue weighted by Gasteiger charge is 2.22. The number of hydrogen-bond acceptors (Lipinski definition) is 4. The number of esters is 1. The van der Waals surface area contributed by atoms with E-state index in [0.29, 0.717) is 21.5 Å². The lowest BCUT2D eigenvalue weighted by atomic mass is 10.1. The molecule has 3 rings (SSSR count). The van der Waals surface area contributed by atoms with Crippen molar-refractivity contribution in [2.24, 2.45) is 0 Å². The number of hydrogen-bond donors (Lipinski definition) is 1. The number of halogens is 1. The smallest absolute Gasteiger partial charge is 0.310 e. The number of nitrogens with zero attached hydrogens (tertiary/aromatic N) is 1. The van der Waals surface area contributed by atoms with Crippen LogP contribution in [0.25, 0.3) is 10.9 Å². The van der Waals surface area contributed by atoms with Crippen molar-refractivity contribution in [1.29, 1.82) is 0 Å². The minimum Gasteiger partial charge on any atom is -0.423 e. The maximum absolute atomic E-state index is 12.7. The first-order valence-corrected chi connectivity index (χ1v) is 7.44. The van der Waals surface area contributed by atoms with Crippen LogP contribution in [0.4, 0.5) is 0 Å². The molecular formula is C17H13ClN2O3. The maximum atomic E-state index is 12.7. The van der Waals surface area contributed by atoms with Crippen molar-refractivity contribution in [1.82, 2.24) is 9.97 Å². The molecule has 2 aromatic heterocycles. The molecule has 0 saturated heterocycles. The summed E-state index contributed by atoms with van der Waals surface area (Å²) in [5.74, 6) is -0.497. The second kappa shape index (κ2) is 6.22. The van der Waals surface area contributed by atoms with Crippen molar-refractivity contribution in [2.75, 3.05) is 0 Å². The van der Waals surface area contributed by atoms with Crippen LogP contribution in [0.2, 0.25) is 5.02 Å². The molecule has 23 heavy (non-hydrogen) atoms. The van der Waals surface area contributed by atoms with Gasteiger partial charge in [0.25, 0.3) is 0 Å². The van der Waals surface area contributed by atoms with Crippen LogP contribution in [0.1, 0.15) is 29.4 Å². The molecular weight excluding hydrogens is 316 g/mol. The van der Waals surface area contributed by atoms with Crippen LogP contribution >= 0.6 is 11.6 Å². The summed E-state index contributed by atoms with van der Waals surface area (Å²) in [4.78, 5) is 31.3. The van der Waals surface area contributed by atoms with Gasteiger partial charge in [-0.2, -0.15) is 0 Å². The molecule has 0 aliphatic rings. The normalized spacial score (nSPS) is 10.7. The molecule has 2 heterocycles. The Labute approximate surface area is 137 Å². The van der Waals surface area contributed by atoms with Gasteiger partial charge in [0.05, 0.1) is 5.52 Å². The number of ether oxygens (including phenoxy) is 1. The van der Waals surface area contributed by atoms with Crippen LogP contribution < -0.4 is 4.74 Å². The van der Waals surface area contributed by atoms with Gasteiger partial charge in [-0.3, -0.25) is 14.6 Å². The zero-order chi connectivity index (χ0) is 16.4. The molecule has 0 amide bonds. The van der Waals surface area contributed by atoms with Gasteiger partial charge in [0.15, 0.2) is 5.75 Å². The first-order valence-electron chi connectivity index (χ1n) is 7.06. The maximum Gasteiger partial charge on any atom is 0.310 e. The highest BCUT2D eigenvalue weighted by Crippen LogP contribution is 2.33. The molecule has 1 aromatic carbocycles. The Bertz CT molecular complexity index is 887. The number of aromatic nitrogens is 2. The van der Waals surface area contributed by atoms with Crippen LogP contribution in [-0.2, 0) is 4.79 Å². The topological polar surface area (TPSA) is 72.1 Å². The molecule has 0 unspecified atom stereocenters. The van der Waals surface area contributed by atoms with Gasteiger partial charge in [0.1, 0.15) is 5.69 Å². The summed E-state index contributed by atoms with van der Waals surface area (Å²) in [6.07, 6.45) is 3.26. The molecule has 0 aliphatic heterocycles. The quantitative estimate of drug-likeness (QED) is 0.584. The number of pyridine rings is 1. The fraction of sp³-hybridized carbons (Fsp3) is 0.118. The van der Waals surface area contributed by atoms with Crippen LogP contribution in [0.15, 0.2) is 42.7 Å². The molecule has 1 N–H and O–H groups in total. The van der Waals surface area contributed by atoms with Gasteiger partial charge >= 0.3 is 5.97 Å². The largest absolute Gasteiger partial charge is 0.423 e. The third kappa shape index (κ3) is 2.96. The molecule has 0 fully saturated rings. The molecule has 0 bridgehead atoms. The summed E-state index contributed by atoms with van der Waals surface area (Å²) in [6.45, 7) is 1.69. The van der Waals surface area contributed by atoms with Crippen LogP contribution in [0.5, 0.6) is 5.75 Å². The number of aromatic amines is 1. The average Bonchev–Trinajstić information content (AvgIpc) is 2.92. The van der Waals surface area contributed by atoms with E-state index in [0.717, 1.165) is 0 Å². The van der Waals surface area contributed by atoms with Gasteiger partial charge in [0, 0.05) is 34.8 Å². The lowest BCUT2D eigenvalue weighted by Gasteiger charge is -2.05. The summed E-state index contributed by atoms with van der Waals surface area (Å²) >= 11 is 5.99. The summed E-state index contributed by atoms with van der Waals surface area (Å²) < 4.78 is 5.38. The number of rotatable bonds is 4. The van der Waals surface area contributed by atoms with Gasteiger partial charge in [-0.05, 0) is 30.3 Å². The van der Waals surface area contributed by atoms with Crippen molar-refractivity contribution >= 4 is 34.3 Å². The number of benzene rings is 1. The van der Waals surface area contributed by atoms with Crippen LogP contribution in [0.3, 0.4) is 0 Å². The number of H-pyrrole nitrogens is 1. The Morgan fingerprint density at radius 3 is 2.83 bits per heavy atom. The van der Waals surface area contributed by atoms with E-state index in [1.54, 1.807) is 43.5 Å². The Hall–Kier alpha value is -2.66. The van der Waals surface area contributed by atoms with Crippen LogP contribution in [-0.4, -0.2) is 21.7 Å². The molecule has 116 valence electrons. The molecule has 5 nitrogen and oxygen atoms in total. The van der Waals surface area contributed by atoms with Gasteiger partial charge < -0.3 is 9.72 Å². The van der Waals surface area contributed by atoms with E-state index < -0.39 is 5.97 Å². The zero-order valence-electron chi connectivity index (χ0n) is 12.3. The zero-order valence-corrected chi connectivity index (χ0v) is 13.1. The molecule has 0 aliphatic carbocycles. The Balaban J connectivity index is 2.16. The molecule has 3 aromatic rings. The summed E-state index contributed by atoms with van der Waals surface area (Å²) in [6, 6.07) is 8.40. The van der Waals surface area contributed by atoms with E-state index >= 15 is 0 Å². The molecule has 6 heteroatoms. The highest BCUT2D eigenvalue weighted by atomic mass is 35.5. The highest BCUT2D eigenvalue weighted by molar-refractivity contribution is 6.31.